The number of rotatable bonds is 5. The first kappa shape index (κ1) is 22.1. The molecule has 168 valence electrons. The molecule has 31 heavy (non-hydrogen) atoms. The van der Waals surface area contributed by atoms with E-state index in [1.54, 1.807) is 20.3 Å². The molecule has 0 N–H and O–H groups in total. The van der Waals surface area contributed by atoms with E-state index in [1.807, 2.05) is 30.0 Å². The number of aryl methyl sites for hydroxylation is 1. The van der Waals surface area contributed by atoms with Crippen molar-refractivity contribution in [3.63, 3.8) is 0 Å². The Kier molecular flexibility index (Phi) is 6.27. The lowest BCUT2D eigenvalue weighted by Gasteiger charge is -2.36. The van der Waals surface area contributed by atoms with Gasteiger partial charge in [-0.2, -0.15) is 4.31 Å². The highest BCUT2D eigenvalue weighted by molar-refractivity contribution is 7.91. The molecule has 0 aliphatic carbocycles. The summed E-state index contributed by atoms with van der Waals surface area (Å²) in [4.78, 5) is 16.1. The van der Waals surface area contributed by atoms with Crippen molar-refractivity contribution in [2.45, 2.75) is 36.9 Å². The molecule has 4 rings (SSSR count). The summed E-state index contributed by atoms with van der Waals surface area (Å²) in [6.07, 6.45) is 2.14. The van der Waals surface area contributed by atoms with E-state index in [-0.39, 0.29) is 18.4 Å². The zero-order valence-corrected chi connectivity index (χ0v) is 19.7. The molecule has 0 unspecified atom stereocenters. The number of benzene rings is 1. The van der Waals surface area contributed by atoms with Crippen LogP contribution in [0.3, 0.4) is 0 Å². The van der Waals surface area contributed by atoms with E-state index >= 15 is 0 Å². The molecular formula is C22H28N2O5S2. The number of methoxy groups -OCH3 is 2. The van der Waals surface area contributed by atoms with Crippen molar-refractivity contribution >= 4 is 27.3 Å². The third-order valence-corrected chi connectivity index (χ3v) is 9.41. The second-order valence-electron chi connectivity index (χ2n) is 8.05. The number of hydrogen-bond acceptors (Lipinski definition) is 6. The number of sulfonamides is 1. The van der Waals surface area contributed by atoms with Gasteiger partial charge in [0.15, 0.2) is 11.5 Å². The number of thiophene rings is 1. The first-order valence-corrected chi connectivity index (χ1v) is 12.7. The maximum Gasteiger partial charge on any atom is 0.252 e. The molecule has 1 amide bonds. The summed E-state index contributed by atoms with van der Waals surface area (Å²) in [6, 6.07) is 7.39. The SMILES string of the molecule is COc1cc2c(cc1OC)CN(C(=O)[C@@H]1CCCN(S(=O)(=O)c3ccc(C)s3)C1)CC2. The second-order valence-corrected chi connectivity index (χ2v) is 11.5. The number of carbonyl (C=O) groups is 1. The van der Waals surface area contributed by atoms with Gasteiger partial charge in [-0.25, -0.2) is 8.42 Å². The third-order valence-electron chi connectivity index (χ3n) is 6.07. The molecule has 2 aliphatic rings. The molecule has 9 heteroatoms. The smallest absolute Gasteiger partial charge is 0.252 e. The van der Waals surface area contributed by atoms with Crippen molar-refractivity contribution in [3.05, 3.63) is 40.3 Å². The summed E-state index contributed by atoms with van der Waals surface area (Å²) < 4.78 is 38.7. The minimum atomic E-state index is -3.55. The van der Waals surface area contributed by atoms with Crippen molar-refractivity contribution in [2.75, 3.05) is 33.9 Å². The van der Waals surface area contributed by atoms with E-state index in [1.165, 1.54) is 15.6 Å². The molecule has 0 spiro atoms. The van der Waals surface area contributed by atoms with Gasteiger partial charge in [-0.1, -0.05) is 0 Å². The van der Waals surface area contributed by atoms with Crippen molar-refractivity contribution in [3.8, 4) is 11.5 Å². The van der Waals surface area contributed by atoms with Crippen LogP contribution in [0.4, 0.5) is 0 Å². The molecule has 3 heterocycles. The Labute approximate surface area is 187 Å². The average molecular weight is 465 g/mol. The van der Waals surface area contributed by atoms with Crippen molar-refractivity contribution in [1.82, 2.24) is 9.21 Å². The number of nitrogens with zero attached hydrogens (tertiary/aromatic N) is 2. The molecular weight excluding hydrogens is 436 g/mol. The summed E-state index contributed by atoms with van der Waals surface area (Å²) >= 11 is 1.28. The number of ether oxygens (including phenoxy) is 2. The normalized spacial score (nSPS) is 19.7. The van der Waals surface area contributed by atoms with E-state index in [4.69, 9.17) is 9.47 Å². The van der Waals surface area contributed by atoms with Crippen LogP contribution in [-0.2, 0) is 27.8 Å². The maximum atomic E-state index is 13.3. The summed E-state index contributed by atoms with van der Waals surface area (Å²) in [5.74, 6) is 1.06. The second kappa shape index (κ2) is 8.80. The van der Waals surface area contributed by atoms with E-state index in [9.17, 15) is 13.2 Å². The number of fused-ring (bicyclic) bond motifs is 1. The molecule has 0 radical (unpaired) electrons. The molecule has 1 aromatic heterocycles. The average Bonchev–Trinajstić information content (AvgIpc) is 3.24. The highest BCUT2D eigenvalue weighted by atomic mass is 32.2. The Bertz CT molecular complexity index is 1080. The molecule has 0 bridgehead atoms. The zero-order chi connectivity index (χ0) is 22.2. The van der Waals surface area contributed by atoms with Crippen molar-refractivity contribution in [2.24, 2.45) is 5.92 Å². The first-order chi connectivity index (χ1) is 14.8. The van der Waals surface area contributed by atoms with Gasteiger partial charge >= 0.3 is 0 Å². The predicted molar refractivity (Wildman–Crippen MR) is 119 cm³/mol. The Hall–Kier alpha value is -2.10. The lowest BCUT2D eigenvalue weighted by Crippen LogP contribution is -2.47. The van der Waals surface area contributed by atoms with Crippen LogP contribution < -0.4 is 9.47 Å². The van der Waals surface area contributed by atoms with Crippen molar-refractivity contribution in [1.29, 1.82) is 0 Å². The van der Waals surface area contributed by atoms with Crippen molar-refractivity contribution < 1.29 is 22.7 Å². The van der Waals surface area contributed by atoms with Crippen LogP contribution in [0.25, 0.3) is 0 Å². The first-order valence-electron chi connectivity index (χ1n) is 10.4. The predicted octanol–water partition coefficient (Wildman–Crippen LogP) is 3.06. The lowest BCUT2D eigenvalue weighted by atomic mass is 9.94. The Morgan fingerprint density at radius 2 is 1.81 bits per heavy atom. The quantitative estimate of drug-likeness (QED) is 0.680. The summed E-state index contributed by atoms with van der Waals surface area (Å²) in [5.41, 5.74) is 2.20. The van der Waals surface area contributed by atoms with Gasteiger partial charge in [0.2, 0.25) is 5.91 Å². The summed E-state index contributed by atoms with van der Waals surface area (Å²) in [6.45, 7) is 3.72. The van der Waals surface area contributed by atoms with Gasteiger partial charge in [-0.05, 0) is 61.6 Å². The monoisotopic (exact) mass is 464 g/mol. The van der Waals surface area contributed by atoms with E-state index in [2.05, 4.69) is 0 Å². The Morgan fingerprint density at radius 1 is 1.10 bits per heavy atom. The van der Waals surface area contributed by atoms with Crippen LogP contribution in [0, 0.1) is 12.8 Å². The molecule has 1 aromatic carbocycles. The number of hydrogen-bond donors (Lipinski definition) is 0. The van der Waals surface area contributed by atoms with Gasteiger partial charge < -0.3 is 14.4 Å². The lowest BCUT2D eigenvalue weighted by molar-refractivity contribution is -0.137. The molecule has 1 fully saturated rings. The van der Waals surface area contributed by atoms with Gasteiger partial charge in [0, 0.05) is 31.1 Å². The fourth-order valence-electron chi connectivity index (χ4n) is 4.37. The van der Waals surface area contributed by atoms with E-state index in [0.29, 0.717) is 48.2 Å². The minimum absolute atomic E-state index is 0.0303. The van der Waals surface area contributed by atoms with Crippen LogP contribution in [-0.4, -0.2) is 57.4 Å². The third kappa shape index (κ3) is 4.31. The summed E-state index contributed by atoms with van der Waals surface area (Å²) in [5, 5.41) is 0. The Balaban J connectivity index is 1.49. The topological polar surface area (TPSA) is 76.2 Å². The van der Waals surface area contributed by atoms with Crippen LogP contribution in [0.5, 0.6) is 11.5 Å². The molecule has 0 saturated carbocycles. The largest absolute Gasteiger partial charge is 0.493 e. The van der Waals surface area contributed by atoms with Crippen LogP contribution >= 0.6 is 11.3 Å². The van der Waals surface area contributed by atoms with Gasteiger partial charge in [0.05, 0.1) is 20.1 Å². The molecule has 1 saturated heterocycles. The molecule has 1 atom stereocenters. The highest BCUT2D eigenvalue weighted by Crippen LogP contribution is 2.34. The highest BCUT2D eigenvalue weighted by Gasteiger charge is 2.36. The standard InChI is InChI=1S/C22H28N2O5S2/c1-15-6-7-21(30-15)31(26,27)24-9-4-5-17(14-24)22(25)23-10-8-16-11-19(28-2)20(29-3)12-18(16)13-23/h6-7,11-12,17H,4-5,8-10,13-14H2,1-3H3/t17-/m1/s1. The van der Waals surface area contributed by atoms with Crippen LogP contribution in [0.1, 0.15) is 28.8 Å². The molecule has 2 aliphatic heterocycles. The Morgan fingerprint density at radius 3 is 2.45 bits per heavy atom. The van der Waals surface area contributed by atoms with E-state index in [0.717, 1.165) is 22.4 Å². The van der Waals surface area contributed by atoms with Crippen LogP contribution in [0.15, 0.2) is 28.5 Å². The molecule has 2 aromatic rings. The zero-order valence-electron chi connectivity index (χ0n) is 18.1. The van der Waals surface area contributed by atoms with Gasteiger partial charge in [-0.15, -0.1) is 11.3 Å². The maximum absolute atomic E-state index is 13.3. The van der Waals surface area contributed by atoms with Crippen LogP contribution in [0.2, 0.25) is 0 Å². The minimum Gasteiger partial charge on any atom is -0.493 e. The summed E-state index contributed by atoms with van der Waals surface area (Å²) in [7, 11) is -0.339. The molecule has 7 nitrogen and oxygen atoms in total. The van der Waals surface area contributed by atoms with Gasteiger partial charge in [0.25, 0.3) is 10.0 Å². The van der Waals surface area contributed by atoms with E-state index < -0.39 is 10.0 Å². The number of carbonyl (C=O) groups excluding carboxylic acids is 1. The number of piperidine rings is 1. The number of amides is 1. The fraction of sp³-hybridized carbons (Fsp3) is 0.500. The van der Waals surface area contributed by atoms with Gasteiger partial charge in [-0.3, -0.25) is 4.79 Å². The van der Waals surface area contributed by atoms with Gasteiger partial charge in [0.1, 0.15) is 4.21 Å². The fourth-order valence-corrected chi connectivity index (χ4v) is 7.33.